The number of hydrogen-bond donors (Lipinski definition) is 2. The summed E-state index contributed by atoms with van der Waals surface area (Å²) >= 11 is 0. The average Bonchev–Trinajstić information content (AvgIpc) is 2.52. The normalized spacial score (nSPS) is 12.5. The van der Waals surface area contributed by atoms with Gasteiger partial charge in [-0.05, 0) is 18.9 Å². The Balaban J connectivity index is 2.74. The number of nitrogens with two attached hydrogens (primary N) is 1. The van der Waals surface area contributed by atoms with Crippen molar-refractivity contribution in [3.63, 3.8) is 0 Å². The molecule has 0 radical (unpaired) electrons. The van der Waals surface area contributed by atoms with Gasteiger partial charge >= 0.3 is 0 Å². The molecule has 0 spiro atoms. The minimum Gasteiger partial charge on any atom is -0.359 e. The van der Waals surface area contributed by atoms with E-state index in [1.807, 2.05) is 20.2 Å². The third-order valence-corrected chi connectivity index (χ3v) is 2.48. The van der Waals surface area contributed by atoms with Crippen molar-refractivity contribution in [3.8, 4) is 0 Å². The molecule has 0 bridgehead atoms. The second kappa shape index (κ2) is 4.93. The van der Waals surface area contributed by atoms with Crippen LogP contribution in [0.2, 0.25) is 0 Å². The Hall–Kier alpha value is -1.36. The lowest BCUT2D eigenvalue weighted by molar-refractivity contribution is -0.124. The molecule has 0 aromatic carbocycles. The summed E-state index contributed by atoms with van der Waals surface area (Å²) < 4.78 is 1.75. The van der Waals surface area contributed by atoms with Gasteiger partial charge in [-0.15, -0.1) is 0 Å². The quantitative estimate of drug-likeness (QED) is 0.709. The number of nitrogens with one attached hydrogen (secondary N) is 1. The minimum absolute atomic E-state index is 0.0132. The van der Waals surface area contributed by atoms with Gasteiger partial charge in [-0.25, -0.2) is 0 Å². The third kappa shape index (κ3) is 2.79. The molecule has 1 unspecified atom stereocenters. The summed E-state index contributed by atoms with van der Waals surface area (Å²) in [6, 6.07) is 0. The summed E-state index contributed by atoms with van der Waals surface area (Å²) in [5.41, 5.74) is 7.60. The van der Waals surface area contributed by atoms with E-state index in [-0.39, 0.29) is 11.8 Å². The predicted octanol–water partition coefficient (Wildman–Crippen LogP) is -0.408. The minimum atomic E-state index is -0.169. The highest BCUT2D eigenvalue weighted by Crippen LogP contribution is 2.11. The molecule has 1 heterocycles. The largest absolute Gasteiger partial charge is 0.359 e. The van der Waals surface area contributed by atoms with Gasteiger partial charge in [0.2, 0.25) is 5.91 Å². The van der Waals surface area contributed by atoms with E-state index in [1.165, 1.54) is 0 Å². The Morgan fingerprint density at radius 3 is 2.80 bits per heavy atom. The molecule has 1 aromatic rings. The average molecular weight is 210 g/mol. The third-order valence-electron chi connectivity index (χ3n) is 2.48. The van der Waals surface area contributed by atoms with Crippen molar-refractivity contribution in [2.45, 2.75) is 13.3 Å². The number of nitrogens with zero attached hydrogens (tertiary/aromatic N) is 2. The fourth-order valence-electron chi connectivity index (χ4n) is 1.60. The summed E-state index contributed by atoms with van der Waals surface area (Å²) in [4.78, 5) is 11.4. The Bertz CT molecular complexity index is 345. The van der Waals surface area contributed by atoms with Gasteiger partial charge in [0.1, 0.15) is 0 Å². The van der Waals surface area contributed by atoms with Gasteiger partial charge < -0.3 is 11.1 Å². The van der Waals surface area contributed by atoms with E-state index in [1.54, 1.807) is 11.7 Å². The Morgan fingerprint density at radius 2 is 2.40 bits per heavy atom. The van der Waals surface area contributed by atoms with Crippen molar-refractivity contribution in [2.24, 2.45) is 18.7 Å². The predicted molar refractivity (Wildman–Crippen MR) is 58.3 cm³/mol. The van der Waals surface area contributed by atoms with E-state index in [0.29, 0.717) is 13.0 Å². The number of aromatic nitrogens is 2. The van der Waals surface area contributed by atoms with Crippen LogP contribution in [0.3, 0.4) is 0 Å². The van der Waals surface area contributed by atoms with Crippen molar-refractivity contribution in [1.29, 1.82) is 0 Å². The molecule has 84 valence electrons. The summed E-state index contributed by atoms with van der Waals surface area (Å²) in [7, 11) is 3.49. The summed E-state index contributed by atoms with van der Waals surface area (Å²) in [6.45, 7) is 2.29. The molecular formula is C10H18N4O. The Morgan fingerprint density at radius 1 is 1.73 bits per heavy atom. The fourth-order valence-corrected chi connectivity index (χ4v) is 1.60. The van der Waals surface area contributed by atoms with Crippen LogP contribution in [-0.4, -0.2) is 29.3 Å². The zero-order valence-corrected chi connectivity index (χ0v) is 9.45. The molecule has 1 aromatic heterocycles. The smallest absolute Gasteiger partial charge is 0.224 e. The number of amides is 1. The first-order valence-electron chi connectivity index (χ1n) is 4.99. The van der Waals surface area contributed by atoms with Gasteiger partial charge in [-0.3, -0.25) is 9.48 Å². The second-order valence-electron chi connectivity index (χ2n) is 3.66. The number of carbonyl (C=O) groups is 1. The van der Waals surface area contributed by atoms with Crippen LogP contribution in [-0.2, 0) is 18.3 Å². The van der Waals surface area contributed by atoms with E-state index in [0.717, 1.165) is 11.3 Å². The molecule has 1 rings (SSSR count). The molecule has 5 heteroatoms. The summed E-state index contributed by atoms with van der Waals surface area (Å²) in [6.07, 6.45) is 2.58. The van der Waals surface area contributed by atoms with Crippen LogP contribution in [0.1, 0.15) is 11.3 Å². The topological polar surface area (TPSA) is 72.9 Å². The van der Waals surface area contributed by atoms with Crippen LogP contribution >= 0.6 is 0 Å². The van der Waals surface area contributed by atoms with Crippen molar-refractivity contribution < 1.29 is 4.79 Å². The monoisotopic (exact) mass is 210 g/mol. The zero-order valence-electron chi connectivity index (χ0n) is 9.45. The molecule has 15 heavy (non-hydrogen) atoms. The number of hydrogen-bond acceptors (Lipinski definition) is 3. The van der Waals surface area contributed by atoms with Crippen LogP contribution in [0.25, 0.3) is 0 Å². The van der Waals surface area contributed by atoms with Crippen molar-refractivity contribution >= 4 is 5.91 Å². The second-order valence-corrected chi connectivity index (χ2v) is 3.66. The van der Waals surface area contributed by atoms with Gasteiger partial charge in [0.15, 0.2) is 0 Å². The van der Waals surface area contributed by atoms with E-state index in [9.17, 15) is 4.79 Å². The first-order chi connectivity index (χ1) is 7.08. The zero-order chi connectivity index (χ0) is 11.4. The number of rotatable bonds is 4. The Kier molecular flexibility index (Phi) is 3.85. The van der Waals surface area contributed by atoms with Crippen LogP contribution in [0.15, 0.2) is 6.20 Å². The summed E-state index contributed by atoms with van der Waals surface area (Å²) in [5.74, 6) is -0.182. The standard InChI is InChI=1S/C10H18N4O/c1-7-9(6-14(3)13-7)4-8(5-11)10(15)12-2/h6,8H,4-5,11H2,1-3H3,(H,12,15). The highest BCUT2D eigenvalue weighted by Gasteiger charge is 2.17. The van der Waals surface area contributed by atoms with E-state index in [4.69, 9.17) is 5.73 Å². The molecule has 0 aliphatic heterocycles. The maximum atomic E-state index is 11.4. The molecule has 0 aliphatic carbocycles. The molecular weight excluding hydrogens is 192 g/mol. The van der Waals surface area contributed by atoms with Crippen LogP contribution in [0.4, 0.5) is 0 Å². The van der Waals surface area contributed by atoms with Gasteiger partial charge in [-0.1, -0.05) is 0 Å². The van der Waals surface area contributed by atoms with Gasteiger partial charge in [0.25, 0.3) is 0 Å². The van der Waals surface area contributed by atoms with E-state index < -0.39 is 0 Å². The van der Waals surface area contributed by atoms with Gasteiger partial charge in [0.05, 0.1) is 11.6 Å². The molecule has 0 saturated carbocycles. The maximum absolute atomic E-state index is 11.4. The van der Waals surface area contributed by atoms with Crippen LogP contribution < -0.4 is 11.1 Å². The molecule has 5 nitrogen and oxygen atoms in total. The molecule has 0 saturated heterocycles. The van der Waals surface area contributed by atoms with Crippen molar-refractivity contribution in [3.05, 3.63) is 17.5 Å². The molecule has 0 aliphatic rings. The lowest BCUT2D eigenvalue weighted by atomic mass is 9.99. The van der Waals surface area contributed by atoms with Crippen molar-refractivity contribution in [2.75, 3.05) is 13.6 Å². The first kappa shape index (κ1) is 11.7. The lowest BCUT2D eigenvalue weighted by Crippen LogP contribution is -2.34. The first-order valence-corrected chi connectivity index (χ1v) is 4.99. The highest BCUT2D eigenvalue weighted by molar-refractivity contribution is 5.78. The molecule has 3 N–H and O–H groups in total. The molecule has 1 amide bonds. The molecule has 1 atom stereocenters. The fraction of sp³-hybridized carbons (Fsp3) is 0.600. The van der Waals surface area contributed by atoms with Crippen LogP contribution in [0.5, 0.6) is 0 Å². The summed E-state index contributed by atoms with van der Waals surface area (Å²) in [5, 5.41) is 6.84. The van der Waals surface area contributed by atoms with E-state index in [2.05, 4.69) is 10.4 Å². The highest BCUT2D eigenvalue weighted by atomic mass is 16.1. The SMILES string of the molecule is CNC(=O)C(CN)Cc1cn(C)nc1C. The van der Waals surface area contributed by atoms with Crippen LogP contribution in [0, 0.1) is 12.8 Å². The number of carbonyl (C=O) groups excluding carboxylic acids is 1. The van der Waals surface area contributed by atoms with Gasteiger partial charge in [-0.2, -0.15) is 5.10 Å². The van der Waals surface area contributed by atoms with E-state index >= 15 is 0 Å². The molecule has 0 fully saturated rings. The van der Waals surface area contributed by atoms with Gasteiger partial charge in [0, 0.05) is 26.8 Å². The maximum Gasteiger partial charge on any atom is 0.224 e. The number of aryl methyl sites for hydroxylation is 2. The van der Waals surface area contributed by atoms with Crippen molar-refractivity contribution in [1.82, 2.24) is 15.1 Å². The Labute approximate surface area is 89.6 Å². The lowest BCUT2D eigenvalue weighted by Gasteiger charge is -2.11.